The highest BCUT2D eigenvalue weighted by Crippen LogP contribution is 2.44. The summed E-state index contributed by atoms with van der Waals surface area (Å²) in [5, 5.41) is 22.2. The molecule has 1 aromatic heterocycles. The van der Waals surface area contributed by atoms with Gasteiger partial charge in [0.25, 0.3) is 11.6 Å². The molecule has 3 heterocycles. The second-order valence-corrected chi connectivity index (χ2v) is 9.37. The summed E-state index contributed by atoms with van der Waals surface area (Å²) in [6.45, 7) is 1.93. The molecule has 0 spiro atoms. The average molecular weight is 519 g/mol. The van der Waals surface area contributed by atoms with Crippen molar-refractivity contribution < 1.29 is 33.6 Å². The number of ether oxygens (including phenoxy) is 2. The van der Waals surface area contributed by atoms with Crippen molar-refractivity contribution >= 4 is 41.2 Å². The van der Waals surface area contributed by atoms with E-state index in [1.165, 1.54) is 61.1 Å². The minimum atomic E-state index is -1.34. The number of thioether (sulfide) groups is 1. The fraction of sp³-hybridized carbons (Fsp3) is 0.450. The zero-order valence-electron chi connectivity index (χ0n) is 19.2. The maximum Gasteiger partial charge on any atom is 0.318 e. The maximum atomic E-state index is 13.2. The molecular formula is C20H21N7O8S. The van der Waals surface area contributed by atoms with Crippen molar-refractivity contribution in [3.63, 3.8) is 0 Å². The van der Waals surface area contributed by atoms with Crippen LogP contribution in [0.1, 0.15) is 19.4 Å². The number of rotatable bonds is 8. The van der Waals surface area contributed by atoms with E-state index in [-0.39, 0.29) is 31.2 Å². The summed E-state index contributed by atoms with van der Waals surface area (Å²) in [5.74, 6) is -2.01. The summed E-state index contributed by atoms with van der Waals surface area (Å²) in [4.78, 5) is 62.8. The Kier molecular flexibility index (Phi) is 6.87. The molecule has 2 aliphatic rings. The second-order valence-electron chi connectivity index (χ2n) is 8.27. The molecule has 2 aliphatic heterocycles. The van der Waals surface area contributed by atoms with Crippen molar-refractivity contribution in [3.8, 4) is 0 Å². The normalized spacial score (nSPS) is 22.7. The molecule has 16 heteroatoms. The second kappa shape index (κ2) is 9.88. The van der Waals surface area contributed by atoms with Gasteiger partial charge in [-0.15, -0.1) is 21.7 Å². The predicted octanol–water partition coefficient (Wildman–Crippen LogP) is -0.358. The van der Waals surface area contributed by atoms with Crippen LogP contribution in [0.5, 0.6) is 0 Å². The maximum absolute atomic E-state index is 13.2. The van der Waals surface area contributed by atoms with E-state index in [9.17, 15) is 29.3 Å². The molecule has 4 rings (SSSR count). The first-order valence-electron chi connectivity index (χ1n) is 10.6. The summed E-state index contributed by atoms with van der Waals surface area (Å²) < 4.78 is 10.6. The number of benzene rings is 1. The molecule has 15 nitrogen and oxygen atoms in total. The summed E-state index contributed by atoms with van der Waals surface area (Å²) in [7, 11) is 0. The van der Waals surface area contributed by atoms with Crippen LogP contribution in [0.25, 0.3) is 0 Å². The van der Waals surface area contributed by atoms with Crippen molar-refractivity contribution in [3.05, 3.63) is 46.3 Å². The molecule has 2 unspecified atom stereocenters. The van der Waals surface area contributed by atoms with Gasteiger partial charge in [-0.1, -0.05) is 0 Å². The number of esters is 2. The third kappa shape index (κ3) is 4.71. The molecule has 0 aliphatic carbocycles. The predicted molar refractivity (Wildman–Crippen MR) is 120 cm³/mol. The van der Waals surface area contributed by atoms with E-state index in [1.54, 1.807) is 0 Å². The number of carbonyl (C=O) groups is 4. The summed E-state index contributed by atoms with van der Waals surface area (Å²) in [6.07, 6.45) is 1.20. The van der Waals surface area contributed by atoms with Crippen molar-refractivity contribution in [2.75, 3.05) is 23.9 Å². The van der Waals surface area contributed by atoms with E-state index in [0.717, 1.165) is 9.80 Å². The highest BCUT2D eigenvalue weighted by molar-refractivity contribution is 8.00. The Morgan fingerprint density at radius 3 is 2.56 bits per heavy atom. The number of amides is 2. The monoisotopic (exact) mass is 519 g/mol. The van der Waals surface area contributed by atoms with Crippen molar-refractivity contribution in [2.45, 2.75) is 31.9 Å². The SMILES string of the molecule is CC(=O)OCC1(C(=O)OCc2ccc([N+](=O)[O-])cc2)CS[C@@H]2C(N(C(C)=O)n3cnnn3)C(=O)N2C1. The lowest BCUT2D eigenvalue weighted by Crippen LogP contribution is -2.76. The molecule has 0 N–H and O–H groups in total. The van der Waals surface area contributed by atoms with Crippen LogP contribution in [0.3, 0.4) is 0 Å². The van der Waals surface area contributed by atoms with Gasteiger partial charge >= 0.3 is 11.9 Å². The zero-order chi connectivity index (χ0) is 26.0. The number of nitrogens with zero attached hydrogens (tertiary/aromatic N) is 7. The lowest BCUT2D eigenvalue weighted by Gasteiger charge is -2.55. The van der Waals surface area contributed by atoms with Gasteiger partial charge in [-0.25, -0.2) is 5.01 Å². The molecule has 2 fully saturated rings. The van der Waals surface area contributed by atoms with Gasteiger partial charge < -0.3 is 14.4 Å². The van der Waals surface area contributed by atoms with Gasteiger partial charge in [0.2, 0.25) is 5.91 Å². The summed E-state index contributed by atoms with van der Waals surface area (Å²) in [5.41, 5.74) is -0.917. The molecule has 2 amide bonds. The van der Waals surface area contributed by atoms with E-state index in [0.29, 0.717) is 5.56 Å². The van der Waals surface area contributed by atoms with Gasteiger partial charge in [-0.2, -0.15) is 0 Å². The molecule has 3 atom stereocenters. The third-order valence-electron chi connectivity index (χ3n) is 5.76. The first-order valence-corrected chi connectivity index (χ1v) is 11.7. The molecule has 0 bridgehead atoms. The van der Waals surface area contributed by atoms with Crippen molar-refractivity contribution in [1.29, 1.82) is 0 Å². The van der Waals surface area contributed by atoms with Gasteiger partial charge in [0.15, 0.2) is 12.4 Å². The largest absolute Gasteiger partial charge is 0.465 e. The van der Waals surface area contributed by atoms with Gasteiger partial charge in [0.1, 0.15) is 24.0 Å². The standard InChI is InChI=1S/C20H21N7O8S/c1-12(28)26(25-11-21-22-23-25)16-17(30)24-8-20(9-35-13(2)29,10-36-18(16)24)19(31)34-7-14-3-5-15(6-4-14)27(32)33/h3-6,11,16,18H,7-10H2,1-2H3/t16?,18-,20?/m1/s1. The molecule has 0 radical (unpaired) electrons. The van der Waals surface area contributed by atoms with Gasteiger partial charge in [0, 0.05) is 38.3 Å². The Bertz CT molecular complexity index is 1190. The molecule has 190 valence electrons. The number of nitro benzene ring substituents is 1. The number of hydrogen-bond donors (Lipinski definition) is 0. The Hall–Kier alpha value is -4.08. The first-order chi connectivity index (χ1) is 17.1. The van der Waals surface area contributed by atoms with Crippen molar-refractivity contribution in [2.24, 2.45) is 5.41 Å². The lowest BCUT2D eigenvalue weighted by molar-refractivity contribution is -0.384. The third-order valence-corrected chi connectivity index (χ3v) is 7.34. The molecule has 2 saturated heterocycles. The lowest BCUT2D eigenvalue weighted by atomic mass is 9.87. The van der Waals surface area contributed by atoms with Gasteiger partial charge in [-0.3, -0.25) is 29.3 Å². The highest BCUT2D eigenvalue weighted by atomic mass is 32.2. The number of hydrogen-bond acceptors (Lipinski definition) is 12. The summed E-state index contributed by atoms with van der Waals surface area (Å²) in [6, 6.07) is 4.65. The Labute approximate surface area is 207 Å². The van der Waals surface area contributed by atoms with E-state index in [1.807, 2.05) is 0 Å². The van der Waals surface area contributed by atoms with Crippen LogP contribution in [-0.4, -0.2) is 84.2 Å². The smallest absolute Gasteiger partial charge is 0.318 e. The van der Waals surface area contributed by atoms with Crippen LogP contribution < -0.4 is 5.01 Å². The molecular weight excluding hydrogens is 498 g/mol. The minimum Gasteiger partial charge on any atom is -0.465 e. The van der Waals surface area contributed by atoms with E-state index in [4.69, 9.17) is 9.47 Å². The number of tetrazole rings is 1. The first kappa shape index (κ1) is 25.0. The number of carbonyl (C=O) groups excluding carboxylic acids is 4. The number of β-lactam (4-membered cyclic amide) rings is 1. The zero-order valence-corrected chi connectivity index (χ0v) is 20.0. The number of non-ortho nitro benzene ring substituents is 1. The Morgan fingerprint density at radius 2 is 1.97 bits per heavy atom. The van der Waals surface area contributed by atoms with Gasteiger partial charge in [-0.05, 0) is 28.1 Å². The quantitative estimate of drug-likeness (QED) is 0.192. The highest BCUT2D eigenvalue weighted by Gasteiger charge is 2.60. The topological polar surface area (TPSA) is 180 Å². The average Bonchev–Trinajstić information content (AvgIpc) is 3.38. The van der Waals surface area contributed by atoms with Crippen LogP contribution in [0.2, 0.25) is 0 Å². The molecule has 1 aromatic carbocycles. The fourth-order valence-electron chi connectivity index (χ4n) is 3.94. The van der Waals surface area contributed by atoms with Crippen LogP contribution in [0.15, 0.2) is 30.6 Å². The number of fused-ring (bicyclic) bond motifs is 1. The molecule has 2 aromatic rings. The Balaban J connectivity index is 1.49. The van der Waals surface area contributed by atoms with E-state index in [2.05, 4.69) is 15.5 Å². The van der Waals surface area contributed by atoms with E-state index < -0.39 is 45.5 Å². The van der Waals surface area contributed by atoms with Crippen LogP contribution in [0, 0.1) is 15.5 Å². The molecule has 36 heavy (non-hydrogen) atoms. The number of aromatic nitrogens is 4. The van der Waals surface area contributed by atoms with Crippen LogP contribution in [0.4, 0.5) is 5.69 Å². The summed E-state index contributed by atoms with van der Waals surface area (Å²) >= 11 is 1.24. The minimum absolute atomic E-state index is 0.0896. The Morgan fingerprint density at radius 1 is 1.25 bits per heavy atom. The number of nitro groups is 1. The van der Waals surface area contributed by atoms with E-state index >= 15 is 0 Å². The van der Waals surface area contributed by atoms with Crippen LogP contribution in [-0.2, 0) is 35.3 Å². The molecule has 0 saturated carbocycles. The van der Waals surface area contributed by atoms with Crippen LogP contribution >= 0.6 is 11.8 Å². The van der Waals surface area contributed by atoms with Crippen molar-refractivity contribution in [1.82, 2.24) is 25.2 Å². The fourth-order valence-corrected chi connectivity index (χ4v) is 5.50. The van der Waals surface area contributed by atoms with Gasteiger partial charge in [0.05, 0.1) is 4.92 Å².